The summed E-state index contributed by atoms with van der Waals surface area (Å²) in [5, 5.41) is 0. The molecule has 0 N–H and O–H groups in total. The van der Waals surface area contributed by atoms with Gasteiger partial charge in [0.15, 0.2) is 0 Å². The Morgan fingerprint density at radius 1 is 1.27 bits per heavy atom. The molecule has 2 saturated heterocycles. The monoisotopic (exact) mass is 304 g/mol. The molecule has 22 heavy (non-hydrogen) atoms. The highest BCUT2D eigenvalue weighted by molar-refractivity contribution is 5.89. The quantitative estimate of drug-likeness (QED) is 0.804. The Morgan fingerprint density at radius 2 is 1.95 bits per heavy atom. The van der Waals surface area contributed by atoms with Crippen molar-refractivity contribution >= 4 is 11.8 Å². The molecule has 1 atom stereocenters. The molecule has 1 aromatic rings. The van der Waals surface area contributed by atoms with Gasteiger partial charge >= 0.3 is 6.01 Å². The van der Waals surface area contributed by atoms with Crippen LogP contribution in [0.3, 0.4) is 0 Å². The smallest absolute Gasteiger partial charge is 0.316 e. The highest BCUT2D eigenvalue weighted by Gasteiger charge is 2.36. The average molecular weight is 304 g/mol. The molecule has 2 amide bonds. The topological polar surface area (TPSA) is 75.6 Å². The number of aromatic nitrogens is 2. The Bertz CT molecular complexity index is 543. The highest BCUT2D eigenvalue weighted by atomic mass is 16.5. The fourth-order valence-electron chi connectivity index (χ4n) is 2.98. The van der Waals surface area contributed by atoms with E-state index in [4.69, 9.17) is 4.74 Å². The summed E-state index contributed by atoms with van der Waals surface area (Å²) in [7, 11) is 1.75. The Balaban J connectivity index is 1.49. The van der Waals surface area contributed by atoms with Gasteiger partial charge in [-0.2, -0.15) is 0 Å². The van der Waals surface area contributed by atoms with Crippen LogP contribution < -0.4 is 4.74 Å². The largest absolute Gasteiger partial charge is 0.460 e. The molecule has 0 radical (unpaired) electrons. The molecule has 0 bridgehead atoms. The first-order valence-corrected chi connectivity index (χ1v) is 7.60. The number of hydrogen-bond acceptors (Lipinski definition) is 5. The molecular weight excluding hydrogens is 284 g/mol. The Labute approximate surface area is 129 Å². The molecule has 2 fully saturated rings. The Hall–Kier alpha value is -2.18. The first kappa shape index (κ1) is 14.7. The molecule has 7 nitrogen and oxygen atoms in total. The summed E-state index contributed by atoms with van der Waals surface area (Å²) in [6.45, 7) is 1.85. The number of ether oxygens (including phenoxy) is 1. The summed E-state index contributed by atoms with van der Waals surface area (Å²) in [5.41, 5.74) is 0. The molecule has 7 heteroatoms. The summed E-state index contributed by atoms with van der Waals surface area (Å²) in [5.74, 6) is -0.0441. The zero-order valence-corrected chi connectivity index (χ0v) is 12.6. The second-order valence-corrected chi connectivity index (χ2v) is 5.85. The minimum atomic E-state index is -0.188. The lowest BCUT2D eigenvalue weighted by Crippen LogP contribution is -2.44. The summed E-state index contributed by atoms with van der Waals surface area (Å²) in [6, 6.07) is 2.13. The van der Waals surface area contributed by atoms with Gasteiger partial charge in [0.2, 0.25) is 11.8 Å². The normalized spacial score (nSPS) is 23.0. The third kappa shape index (κ3) is 3.18. The lowest BCUT2D eigenvalue weighted by Gasteiger charge is -2.33. The van der Waals surface area contributed by atoms with Crippen LogP contribution in [0, 0.1) is 5.92 Å². The number of rotatable bonds is 3. The van der Waals surface area contributed by atoms with E-state index in [0.717, 1.165) is 12.8 Å². The number of piperidine rings is 1. The number of carbonyl (C=O) groups excluding carboxylic acids is 2. The fourth-order valence-corrected chi connectivity index (χ4v) is 2.98. The zero-order chi connectivity index (χ0) is 15.5. The SMILES string of the molecule is CN1C[C@H](C(=O)N2CCC(Oc3ncccn3)CC2)CC1=O. The van der Waals surface area contributed by atoms with Crippen LogP contribution in [-0.4, -0.2) is 64.4 Å². The lowest BCUT2D eigenvalue weighted by atomic mass is 10.0. The summed E-state index contributed by atoms with van der Waals surface area (Å²) in [4.78, 5) is 35.6. The van der Waals surface area contributed by atoms with Gasteiger partial charge in [0.1, 0.15) is 6.10 Å². The minimum Gasteiger partial charge on any atom is -0.460 e. The molecule has 0 spiro atoms. The van der Waals surface area contributed by atoms with Gasteiger partial charge in [-0.05, 0) is 6.07 Å². The van der Waals surface area contributed by atoms with E-state index in [1.54, 1.807) is 30.4 Å². The summed E-state index contributed by atoms with van der Waals surface area (Å²) < 4.78 is 5.72. The molecule has 0 aromatic carbocycles. The average Bonchev–Trinajstić information content (AvgIpc) is 2.88. The van der Waals surface area contributed by atoms with Gasteiger partial charge in [0.25, 0.3) is 0 Å². The van der Waals surface area contributed by atoms with E-state index in [-0.39, 0.29) is 23.8 Å². The molecule has 0 aliphatic carbocycles. The number of carbonyl (C=O) groups is 2. The van der Waals surface area contributed by atoms with Gasteiger partial charge in [-0.3, -0.25) is 9.59 Å². The maximum Gasteiger partial charge on any atom is 0.316 e. The van der Waals surface area contributed by atoms with Crippen LogP contribution in [0.5, 0.6) is 6.01 Å². The lowest BCUT2D eigenvalue weighted by molar-refractivity contribution is -0.137. The van der Waals surface area contributed by atoms with Crippen molar-refractivity contribution in [1.29, 1.82) is 0 Å². The van der Waals surface area contributed by atoms with Crippen molar-refractivity contribution in [3.63, 3.8) is 0 Å². The standard InChI is InChI=1S/C15H20N4O3/c1-18-10-11(9-13(18)20)14(21)19-7-3-12(4-8-19)22-15-16-5-2-6-17-15/h2,5-6,11-12H,3-4,7-10H2,1H3/t11-/m1/s1. The van der Waals surface area contributed by atoms with Crippen molar-refractivity contribution in [3.8, 4) is 6.01 Å². The van der Waals surface area contributed by atoms with Crippen molar-refractivity contribution < 1.29 is 14.3 Å². The predicted octanol–water partition coefficient (Wildman–Crippen LogP) is 0.325. The highest BCUT2D eigenvalue weighted by Crippen LogP contribution is 2.22. The van der Waals surface area contributed by atoms with Crippen molar-refractivity contribution in [2.24, 2.45) is 5.92 Å². The molecule has 118 valence electrons. The van der Waals surface area contributed by atoms with Crippen LogP contribution >= 0.6 is 0 Å². The Morgan fingerprint density at radius 3 is 2.55 bits per heavy atom. The van der Waals surface area contributed by atoms with Crippen molar-refractivity contribution in [1.82, 2.24) is 19.8 Å². The summed E-state index contributed by atoms with van der Waals surface area (Å²) >= 11 is 0. The van der Waals surface area contributed by atoms with Crippen molar-refractivity contribution in [3.05, 3.63) is 18.5 Å². The maximum atomic E-state index is 12.4. The van der Waals surface area contributed by atoms with E-state index >= 15 is 0 Å². The van der Waals surface area contributed by atoms with Gasteiger partial charge in [-0.15, -0.1) is 0 Å². The van der Waals surface area contributed by atoms with E-state index in [2.05, 4.69) is 9.97 Å². The second kappa shape index (κ2) is 6.29. The Kier molecular flexibility index (Phi) is 4.22. The third-order valence-electron chi connectivity index (χ3n) is 4.26. The van der Waals surface area contributed by atoms with Gasteiger partial charge in [0.05, 0.1) is 5.92 Å². The van der Waals surface area contributed by atoms with E-state index in [0.29, 0.717) is 32.1 Å². The number of nitrogens with zero attached hydrogens (tertiary/aromatic N) is 4. The molecule has 2 aliphatic rings. The van der Waals surface area contributed by atoms with Gasteiger partial charge in [0, 0.05) is 58.3 Å². The number of hydrogen-bond donors (Lipinski definition) is 0. The first-order chi connectivity index (χ1) is 10.6. The van der Waals surface area contributed by atoms with Crippen LogP contribution in [0.4, 0.5) is 0 Å². The van der Waals surface area contributed by atoms with E-state index < -0.39 is 0 Å². The van der Waals surface area contributed by atoms with Crippen LogP contribution in [0.1, 0.15) is 19.3 Å². The molecular formula is C15H20N4O3. The second-order valence-electron chi connectivity index (χ2n) is 5.85. The molecule has 0 saturated carbocycles. The van der Waals surface area contributed by atoms with E-state index in [9.17, 15) is 9.59 Å². The molecule has 1 aromatic heterocycles. The maximum absolute atomic E-state index is 12.4. The van der Waals surface area contributed by atoms with Crippen LogP contribution in [0.2, 0.25) is 0 Å². The van der Waals surface area contributed by atoms with E-state index in [1.807, 2.05) is 4.90 Å². The van der Waals surface area contributed by atoms with Crippen LogP contribution in [0.25, 0.3) is 0 Å². The number of likely N-dealkylation sites (tertiary alicyclic amines) is 2. The molecule has 3 heterocycles. The molecule has 2 aliphatic heterocycles. The fraction of sp³-hybridized carbons (Fsp3) is 0.600. The van der Waals surface area contributed by atoms with Crippen LogP contribution in [0.15, 0.2) is 18.5 Å². The first-order valence-electron chi connectivity index (χ1n) is 7.60. The van der Waals surface area contributed by atoms with E-state index in [1.165, 1.54) is 0 Å². The van der Waals surface area contributed by atoms with Gasteiger partial charge < -0.3 is 14.5 Å². The minimum absolute atomic E-state index is 0.0410. The third-order valence-corrected chi connectivity index (χ3v) is 4.26. The van der Waals surface area contributed by atoms with Crippen molar-refractivity contribution in [2.75, 3.05) is 26.7 Å². The predicted molar refractivity (Wildman–Crippen MR) is 78.0 cm³/mol. The summed E-state index contributed by atoms with van der Waals surface area (Å²) in [6.07, 6.45) is 5.20. The van der Waals surface area contributed by atoms with Crippen LogP contribution in [-0.2, 0) is 9.59 Å². The van der Waals surface area contributed by atoms with Crippen molar-refractivity contribution in [2.45, 2.75) is 25.4 Å². The van der Waals surface area contributed by atoms with Gasteiger partial charge in [-0.25, -0.2) is 9.97 Å². The zero-order valence-electron chi connectivity index (χ0n) is 12.6. The molecule has 3 rings (SSSR count). The molecule has 0 unspecified atom stereocenters. The van der Waals surface area contributed by atoms with Gasteiger partial charge in [-0.1, -0.05) is 0 Å². The number of amides is 2.